The number of nitrogens with zero attached hydrogens (tertiary/aromatic N) is 1. The Hall–Kier alpha value is -1.36. The average molecular weight is 267 g/mol. The van der Waals surface area contributed by atoms with Crippen LogP contribution in [-0.2, 0) is 9.53 Å². The minimum atomic E-state index is -0.0956. The molecule has 2 N–H and O–H groups in total. The maximum absolute atomic E-state index is 11.8. The van der Waals surface area contributed by atoms with E-state index >= 15 is 0 Å². The van der Waals surface area contributed by atoms with E-state index in [-0.39, 0.29) is 24.5 Å². The Labute approximate surface area is 115 Å². The average Bonchev–Trinajstić information content (AvgIpc) is 2.89. The van der Waals surface area contributed by atoms with Crippen molar-refractivity contribution in [3.63, 3.8) is 0 Å². The van der Waals surface area contributed by atoms with Gasteiger partial charge in [-0.25, -0.2) is 4.98 Å². The first-order chi connectivity index (χ1) is 9.15. The molecule has 19 heavy (non-hydrogen) atoms. The fourth-order valence-electron chi connectivity index (χ4n) is 1.83. The molecule has 108 valence electrons. The first kappa shape index (κ1) is 15.7. The lowest BCUT2D eigenvalue weighted by molar-refractivity contribution is -0.126. The quantitative estimate of drug-likeness (QED) is 0.675. The highest BCUT2D eigenvalue weighted by molar-refractivity contribution is 5.77. The predicted molar refractivity (Wildman–Crippen MR) is 74.7 cm³/mol. The molecule has 0 radical (unpaired) electrons. The van der Waals surface area contributed by atoms with Crippen LogP contribution in [0.25, 0.3) is 0 Å². The van der Waals surface area contributed by atoms with Gasteiger partial charge >= 0.3 is 0 Å². The van der Waals surface area contributed by atoms with E-state index in [1.807, 2.05) is 0 Å². The van der Waals surface area contributed by atoms with Crippen LogP contribution in [0.4, 0.5) is 0 Å². The van der Waals surface area contributed by atoms with Crippen LogP contribution in [-0.4, -0.2) is 29.1 Å². The van der Waals surface area contributed by atoms with Crippen LogP contribution >= 0.6 is 0 Å². The first-order valence-electron chi connectivity index (χ1n) is 7.01. The number of hydrogen-bond donors (Lipinski definition) is 2. The molecule has 0 fully saturated rings. The molecular formula is C14H25N3O2. The number of ether oxygens (including phenoxy) is 1. The lowest BCUT2D eigenvalue weighted by Crippen LogP contribution is -2.35. The lowest BCUT2D eigenvalue weighted by Gasteiger charge is -2.20. The molecule has 0 spiro atoms. The van der Waals surface area contributed by atoms with Gasteiger partial charge in [-0.3, -0.25) is 4.79 Å². The summed E-state index contributed by atoms with van der Waals surface area (Å²) < 4.78 is 5.35. The predicted octanol–water partition coefficient (Wildman–Crippen LogP) is 2.43. The Morgan fingerprint density at radius 2 is 2.26 bits per heavy atom. The van der Waals surface area contributed by atoms with Crippen LogP contribution < -0.4 is 5.32 Å². The van der Waals surface area contributed by atoms with E-state index in [1.165, 1.54) is 0 Å². The van der Waals surface area contributed by atoms with Crippen molar-refractivity contribution in [1.29, 1.82) is 0 Å². The van der Waals surface area contributed by atoms with Crippen molar-refractivity contribution in [2.75, 3.05) is 13.2 Å². The van der Waals surface area contributed by atoms with E-state index in [2.05, 4.69) is 36.1 Å². The van der Waals surface area contributed by atoms with Gasteiger partial charge in [0, 0.05) is 19.0 Å². The summed E-state index contributed by atoms with van der Waals surface area (Å²) in [6.45, 7) is 7.01. The Morgan fingerprint density at radius 3 is 2.84 bits per heavy atom. The molecule has 0 aliphatic heterocycles. The second-order valence-electron chi connectivity index (χ2n) is 5.02. The van der Waals surface area contributed by atoms with Crippen LogP contribution in [0.1, 0.15) is 51.9 Å². The van der Waals surface area contributed by atoms with Gasteiger partial charge in [0.15, 0.2) is 0 Å². The van der Waals surface area contributed by atoms with Crippen molar-refractivity contribution in [3.8, 4) is 0 Å². The summed E-state index contributed by atoms with van der Waals surface area (Å²) in [5.74, 6) is 0.969. The van der Waals surface area contributed by atoms with Crippen LogP contribution in [0.3, 0.4) is 0 Å². The summed E-state index contributed by atoms with van der Waals surface area (Å²) in [4.78, 5) is 19.0. The summed E-state index contributed by atoms with van der Waals surface area (Å²) in [6.07, 6.45) is 6.76. The number of imidazole rings is 1. The molecule has 1 aromatic rings. The zero-order valence-corrected chi connectivity index (χ0v) is 12.1. The SMILES string of the molecule is CCCCCOCC(=O)N[C@H](c1ncc[nH]1)C(C)C. The van der Waals surface area contributed by atoms with Gasteiger partial charge in [0.05, 0.1) is 6.04 Å². The van der Waals surface area contributed by atoms with Crippen molar-refractivity contribution in [2.45, 2.75) is 46.1 Å². The highest BCUT2D eigenvalue weighted by atomic mass is 16.5. The van der Waals surface area contributed by atoms with E-state index < -0.39 is 0 Å². The van der Waals surface area contributed by atoms with Gasteiger partial charge in [-0.05, 0) is 12.3 Å². The molecule has 0 bridgehead atoms. The highest BCUT2D eigenvalue weighted by Gasteiger charge is 2.20. The Balaban J connectivity index is 2.32. The van der Waals surface area contributed by atoms with E-state index in [4.69, 9.17) is 4.74 Å². The molecule has 1 aromatic heterocycles. The number of aromatic amines is 1. The van der Waals surface area contributed by atoms with Crippen molar-refractivity contribution in [2.24, 2.45) is 5.92 Å². The minimum Gasteiger partial charge on any atom is -0.372 e. The van der Waals surface area contributed by atoms with Crippen LogP contribution in [0, 0.1) is 5.92 Å². The third-order valence-corrected chi connectivity index (χ3v) is 2.92. The molecule has 1 amide bonds. The molecular weight excluding hydrogens is 242 g/mol. The standard InChI is InChI=1S/C14H25N3O2/c1-4-5-6-9-19-10-12(18)17-13(11(2)3)14-15-7-8-16-14/h7-8,11,13H,4-6,9-10H2,1-3H3,(H,15,16)(H,17,18)/t13-/m0/s1. The number of unbranched alkanes of at least 4 members (excludes halogenated alkanes) is 2. The fraction of sp³-hybridized carbons (Fsp3) is 0.714. The zero-order chi connectivity index (χ0) is 14.1. The third kappa shape index (κ3) is 5.87. The Kier molecular flexibility index (Phi) is 7.18. The summed E-state index contributed by atoms with van der Waals surface area (Å²) in [7, 11) is 0. The van der Waals surface area contributed by atoms with E-state index in [0.717, 1.165) is 25.1 Å². The largest absolute Gasteiger partial charge is 0.372 e. The van der Waals surface area contributed by atoms with Crippen molar-refractivity contribution >= 4 is 5.91 Å². The van der Waals surface area contributed by atoms with E-state index in [9.17, 15) is 4.79 Å². The molecule has 0 aliphatic rings. The molecule has 1 rings (SSSR count). The third-order valence-electron chi connectivity index (χ3n) is 2.92. The van der Waals surface area contributed by atoms with Gasteiger partial charge in [0.25, 0.3) is 0 Å². The van der Waals surface area contributed by atoms with Crippen LogP contribution in [0.2, 0.25) is 0 Å². The van der Waals surface area contributed by atoms with Gasteiger partial charge in [-0.15, -0.1) is 0 Å². The molecule has 0 saturated carbocycles. The molecule has 0 saturated heterocycles. The number of aromatic nitrogens is 2. The number of H-pyrrole nitrogens is 1. The van der Waals surface area contributed by atoms with Crippen LogP contribution in [0.5, 0.6) is 0 Å². The van der Waals surface area contributed by atoms with Crippen molar-refractivity contribution in [3.05, 3.63) is 18.2 Å². The summed E-state index contributed by atoms with van der Waals surface area (Å²) >= 11 is 0. The topological polar surface area (TPSA) is 67.0 Å². The zero-order valence-electron chi connectivity index (χ0n) is 12.1. The molecule has 1 atom stereocenters. The number of hydrogen-bond acceptors (Lipinski definition) is 3. The maximum Gasteiger partial charge on any atom is 0.246 e. The number of rotatable bonds is 9. The molecule has 0 aliphatic carbocycles. The summed E-state index contributed by atoms with van der Waals surface area (Å²) in [5, 5.41) is 2.95. The van der Waals surface area contributed by atoms with Crippen molar-refractivity contribution in [1.82, 2.24) is 15.3 Å². The monoisotopic (exact) mass is 267 g/mol. The van der Waals surface area contributed by atoms with Crippen LogP contribution in [0.15, 0.2) is 12.4 Å². The van der Waals surface area contributed by atoms with Gasteiger partial charge < -0.3 is 15.0 Å². The maximum atomic E-state index is 11.8. The summed E-state index contributed by atoms with van der Waals surface area (Å²) in [6, 6.07) is -0.0956. The molecule has 0 aromatic carbocycles. The summed E-state index contributed by atoms with van der Waals surface area (Å²) in [5.41, 5.74) is 0. The van der Waals surface area contributed by atoms with Gasteiger partial charge in [-0.1, -0.05) is 33.6 Å². The molecule has 1 heterocycles. The second kappa shape index (κ2) is 8.69. The molecule has 5 heteroatoms. The smallest absolute Gasteiger partial charge is 0.246 e. The number of carbonyl (C=O) groups is 1. The van der Waals surface area contributed by atoms with E-state index in [0.29, 0.717) is 6.61 Å². The highest BCUT2D eigenvalue weighted by Crippen LogP contribution is 2.17. The molecule has 0 unspecified atom stereocenters. The normalized spacial score (nSPS) is 12.6. The van der Waals surface area contributed by atoms with E-state index in [1.54, 1.807) is 12.4 Å². The first-order valence-corrected chi connectivity index (χ1v) is 7.01. The Bertz CT molecular complexity index is 350. The fourth-order valence-corrected chi connectivity index (χ4v) is 1.83. The van der Waals surface area contributed by atoms with Crippen molar-refractivity contribution < 1.29 is 9.53 Å². The number of nitrogens with one attached hydrogen (secondary N) is 2. The van der Waals surface area contributed by atoms with Gasteiger partial charge in [0.1, 0.15) is 12.4 Å². The Morgan fingerprint density at radius 1 is 1.47 bits per heavy atom. The second-order valence-corrected chi connectivity index (χ2v) is 5.02. The molecule has 5 nitrogen and oxygen atoms in total. The number of carbonyl (C=O) groups excluding carboxylic acids is 1. The lowest BCUT2D eigenvalue weighted by atomic mass is 10.0. The number of amides is 1. The van der Waals surface area contributed by atoms with Gasteiger partial charge in [-0.2, -0.15) is 0 Å². The van der Waals surface area contributed by atoms with Gasteiger partial charge in [0.2, 0.25) is 5.91 Å². The minimum absolute atomic E-state index is 0.0911.